The van der Waals surface area contributed by atoms with Crippen LogP contribution in [0.15, 0.2) is 35.8 Å². The number of nitrogens with zero attached hydrogens (tertiary/aromatic N) is 2. The number of rotatable bonds is 3. The molecule has 0 aromatic heterocycles. The molecule has 1 amide bonds. The van der Waals surface area contributed by atoms with E-state index < -0.39 is 0 Å². The van der Waals surface area contributed by atoms with Gasteiger partial charge in [0.25, 0.3) is 0 Å². The van der Waals surface area contributed by atoms with E-state index in [1.807, 2.05) is 57.0 Å². The molecular weight excluding hydrogens is 282 g/mol. The summed E-state index contributed by atoms with van der Waals surface area (Å²) in [4.78, 5) is 18.6. The Morgan fingerprint density at radius 3 is 2.67 bits per heavy atom. The molecule has 2 rings (SSSR count). The van der Waals surface area contributed by atoms with E-state index in [2.05, 4.69) is 16.9 Å². The molecule has 0 saturated carbocycles. The minimum Gasteiger partial charge on any atom is -0.353 e. The second-order valence-corrected chi connectivity index (χ2v) is 6.65. The summed E-state index contributed by atoms with van der Waals surface area (Å²) in [6.07, 6.45) is 0. The zero-order chi connectivity index (χ0) is 15.6. The summed E-state index contributed by atoms with van der Waals surface area (Å²) in [6.45, 7) is 9.92. The number of fused-ring (bicyclic) bond motifs is 1. The number of nitrogens with one attached hydrogen (secondary N) is 1. The standard InChI is InChI=1S/C16H21N3OS/c1-10(2)17-15(20)12(4)21-16-18-14-9-7-6-8-13(14)11(3)19(16)5/h6-10,12H,3H2,1-2,4-5H3,(H,17,20)/t12-/m1/s1. The maximum Gasteiger partial charge on any atom is 0.233 e. The molecule has 0 bridgehead atoms. The van der Waals surface area contributed by atoms with Crippen LogP contribution in [0.3, 0.4) is 0 Å². The first-order chi connectivity index (χ1) is 9.90. The fraction of sp³-hybridized carbons (Fsp3) is 0.375. The maximum absolute atomic E-state index is 12.0. The number of hydrogen-bond acceptors (Lipinski definition) is 4. The van der Waals surface area contributed by atoms with Crippen LogP contribution in [-0.2, 0) is 4.79 Å². The fourth-order valence-electron chi connectivity index (χ4n) is 2.01. The molecule has 4 nitrogen and oxygen atoms in total. The highest BCUT2D eigenvalue weighted by Crippen LogP contribution is 2.35. The molecule has 1 aliphatic rings. The lowest BCUT2D eigenvalue weighted by Crippen LogP contribution is -2.37. The van der Waals surface area contributed by atoms with Crippen LogP contribution < -0.4 is 5.32 Å². The van der Waals surface area contributed by atoms with E-state index in [0.29, 0.717) is 0 Å². The number of amides is 1. The fourth-order valence-corrected chi connectivity index (χ4v) is 2.92. The number of para-hydroxylation sites is 1. The summed E-state index contributed by atoms with van der Waals surface area (Å²) in [7, 11) is 1.93. The number of hydrogen-bond donors (Lipinski definition) is 1. The second-order valence-electron chi connectivity index (χ2n) is 5.34. The predicted molar refractivity (Wildman–Crippen MR) is 90.7 cm³/mol. The first-order valence-electron chi connectivity index (χ1n) is 6.98. The largest absolute Gasteiger partial charge is 0.353 e. The highest BCUT2D eigenvalue weighted by Gasteiger charge is 2.24. The molecule has 1 aromatic rings. The van der Waals surface area contributed by atoms with E-state index in [0.717, 1.165) is 22.1 Å². The molecule has 1 heterocycles. The van der Waals surface area contributed by atoms with Gasteiger partial charge in [0.1, 0.15) is 0 Å². The third-order valence-electron chi connectivity index (χ3n) is 3.21. The van der Waals surface area contributed by atoms with Crippen LogP contribution in [0.5, 0.6) is 0 Å². The van der Waals surface area contributed by atoms with Crippen molar-refractivity contribution >= 4 is 34.2 Å². The highest BCUT2D eigenvalue weighted by atomic mass is 32.2. The van der Waals surface area contributed by atoms with Crippen molar-refractivity contribution in [2.24, 2.45) is 4.99 Å². The maximum atomic E-state index is 12.0. The molecule has 112 valence electrons. The van der Waals surface area contributed by atoms with E-state index in [-0.39, 0.29) is 17.2 Å². The third kappa shape index (κ3) is 3.47. The molecule has 1 N–H and O–H groups in total. The van der Waals surface area contributed by atoms with Crippen LogP contribution in [0.2, 0.25) is 0 Å². The monoisotopic (exact) mass is 303 g/mol. The Morgan fingerprint density at radius 2 is 2.00 bits per heavy atom. The Hall–Kier alpha value is -1.75. The molecule has 0 fully saturated rings. The Balaban J connectivity index is 2.19. The molecule has 21 heavy (non-hydrogen) atoms. The average Bonchev–Trinajstić information content (AvgIpc) is 2.43. The Labute approximate surface area is 130 Å². The van der Waals surface area contributed by atoms with Gasteiger partial charge in [0.2, 0.25) is 5.91 Å². The number of carbonyl (C=O) groups excluding carboxylic acids is 1. The Morgan fingerprint density at radius 1 is 1.33 bits per heavy atom. The van der Waals surface area contributed by atoms with Gasteiger partial charge in [0.05, 0.1) is 10.9 Å². The van der Waals surface area contributed by atoms with Crippen molar-refractivity contribution in [1.29, 1.82) is 0 Å². The molecule has 1 aromatic carbocycles. The van der Waals surface area contributed by atoms with Gasteiger partial charge in [0, 0.05) is 24.4 Å². The van der Waals surface area contributed by atoms with Gasteiger partial charge in [0.15, 0.2) is 5.17 Å². The number of thioether (sulfide) groups is 1. The minimum atomic E-state index is -0.202. The van der Waals surface area contributed by atoms with Gasteiger partial charge in [-0.05, 0) is 26.8 Å². The van der Waals surface area contributed by atoms with Gasteiger partial charge in [-0.25, -0.2) is 4.99 Å². The average molecular weight is 303 g/mol. The topological polar surface area (TPSA) is 44.7 Å². The van der Waals surface area contributed by atoms with Gasteiger partial charge in [-0.2, -0.15) is 0 Å². The summed E-state index contributed by atoms with van der Waals surface area (Å²) in [5.74, 6) is 0.0237. The lowest BCUT2D eigenvalue weighted by molar-refractivity contribution is -0.120. The Bertz CT molecular complexity index is 595. The molecule has 1 atom stereocenters. The van der Waals surface area contributed by atoms with E-state index in [1.165, 1.54) is 11.8 Å². The lowest BCUT2D eigenvalue weighted by atomic mass is 10.1. The van der Waals surface area contributed by atoms with E-state index in [4.69, 9.17) is 0 Å². The van der Waals surface area contributed by atoms with Crippen molar-refractivity contribution in [2.75, 3.05) is 7.05 Å². The van der Waals surface area contributed by atoms with Crippen LogP contribution in [0.1, 0.15) is 26.3 Å². The van der Waals surface area contributed by atoms with Gasteiger partial charge in [-0.3, -0.25) is 4.79 Å². The van der Waals surface area contributed by atoms with Crippen molar-refractivity contribution in [3.8, 4) is 0 Å². The van der Waals surface area contributed by atoms with Gasteiger partial charge >= 0.3 is 0 Å². The predicted octanol–water partition coefficient (Wildman–Crippen LogP) is 3.24. The second kappa shape index (κ2) is 6.35. The number of benzene rings is 1. The zero-order valence-corrected chi connectivity index (χ0v) is 13.7. The first-order valence-corrected chi connectivity index (χ1v) is 7.86. The van der Waals surface area contributed by atoms with E-state index >= 15 is 0 Å². The summed E-state index contributed by atoms with van der Waals surface area (Å²) < 4.78 is 0. The summed E-state index contributed by atoms with van der Waals surface area (Å²) in [5.41, 5.74) is 2.84. The smallest absolute Gasteiger partial charge is 0.233 e. The number of carbonyl (C=O) groups is 1. The number of aliphatic imine (C=N–C) groups is 1. The van der Waals surface area contributed by atoms with Crippen molar-refractivity contribution in [3.05, 3.63) is 36.4 Å². The first kappa shape index (κ1) is 15.6. The van der Waals surface area contributed by atoms with Crippen LogP contribution in [0.25, 0.3) is 5.70 Å². The molecule has 1 aliphatic heterocycles. The SMILES string of the molecule is C=C1c2ccccc2N=C(S[C@H](C)C(=O)NC(C)C)N1C. The summed E-state index contributed by atoms with van der Waals surface area (Å²) in [5, 5.41) is 3.52. The van der Waals surface area contributed by atoms with Gasteiger partial charge in [-0.1, -0.05) is 36.5 Å². The molecule has 0 aliphatic carbocycles. The third-order valence-corrected chi connectivity index (χ3v) is 4.35. The van der Waals surface area contributed by atoms with Gasteiger partial charge < -0.3 is 10.2 Å². The molecule has 0 saturated heterocycles. The molecule has 0 unspecified atom stereocenters. The van der Waals surface area contributed by atoms with E-state index in [9.17, 15) is 4.79 Å². The number of amidine groups is 1. The molecule has 0 spiro atoms. The summed E-state index contributed by atoms with van der Waals surface area (Å²) >= 11 is 1.45. The minimum absolute atomic E-state index is 0.0237. The van der Waals surface area contributed by atoms with Gasteiger partial charge in [-0.15, -0.1) is 0 Å². The van der Waals surface area contributed by atoms with Crippen LogP contribution >= 0.6 is 11.8 Å². The van der Waals surface area contributed by atoms with Crippen LogP contribution in [-0.4, -0.2) is 34.3 Å². The zero-order valence-electron chi connectivity index (χ0n) is 12.9. The quantitative estimate of drug-likeness (QED) is 0.932. The molecule has 0 radical (unpaired) electrons. The van der Waals surface area contributed by atoms with E-state index in [1.54, 1.807) is 0 Å². The highest BCUT2D eigenvalue weighted by molar-refractivity contribution is 8.14. The van der Waals surface area contributed by atoms with Crippen LogP contribution in [0.4, 0.5) is 5.69 Å². The van der Waals surface area contributed by atoms with Crippen LogP contribution in [0, 0.1) is 0 Å². The normalized spacial score (nSPS) is 15.6. The molecule has 5 heteroatoms. The Kier molecular flexibility index (Phi) is 4.73. The van der Waals surface area contributed by atoms with Crippen molar-refractivity contribution in [1.82, 2.24) is 10.2 Å². The summed E-state index contributed by atoms with van der Waals surface area (Å²) in [6, 6.07) is 8.05. The lowest BCUT2D eigenvalue weighted by Gasteiger charge is -2.29. The van der Waals surface area contributed by atoms with Crippen molar-refractivity contribution < 1.29 is 4.79 Å². The molecular formula is C16H21N3OS. The van der Waals surface area contributed by atoms with Crippen molar-refractivity contribution in [2.45, 2.75) is 32.1 Å². The van der Waals surface area contributed by atoms with Crippen molar-refractivity contribution in [3.63, 3.8) is 0 Å².